The predicted octanol–water partition coefficient (Wildman–Crippen LogP) is 2.96. The van der Waals surface area contributed by atoms with E-state index in [1.165, 1.54) is 5.56 Å². The molecule has 6 heteroatoms. The number of rotatable bonds is 4. The fourth-order valence-corrected chi connectivity index (χ4v) is 3.05. The van der Waals surface area contributed by atoms with Crippen LogP contribution in [0.1, 0.15) is 17.9 Å². The van der Waals surface area contributed by atoms with E-state index in [1.54, 1.807) is 6.07 Å². The van der Waals surface area contributed by atoms with Crippen molar-refractivity contribution in [2.24, 2.45) is 5.73 Å². The topological polar surface area (TPSA) is 72.2 Å². The average molecular weight is 339 g/mol. The quantitative estimate of drug-likeness (QED) is 0.900. The highest BCUT2D eigenvalue weighted by molar-refractivity contribution is 7.92. The second-order valence-corrected chi connectivity index (χ2v) is 7.33. The van der Waals surface area contributed by atoms with Crippen molar-refractivity contribution in [1.82, 2.24) is 0 Å². The van der Waals surface area contributed by atoms with Crippen molar-refractivity contribution < 1.29 is 8.42 Å². The lowest BCUT2D eigenvalue weighted by Gasteiger charge is -2.08. The van der Waals surface area contributed by atoms with E-state index >= 15 is 0 Å². The van der Waals surface area contributed by atoms with Crippen molar-refractivity contribution in [3.63, 3.8) is 0 Å². The Hall–Kier alpha value is -1.56. The van der Waals surface area contributed by atoms with Crippen LogP contribution in [0.4, 0.5) is 5.69 Å². The van der Waals surface area contributed by atoms with Crippen LogP contribution < -0.4 is 10.5 Å². The molecule has 3 rings (SSSR count). The minimum absolute atomic E-state index is 0. The van der Waals surface area contributed by atoms with E-state index in [-0.39, 0.29) is 12.4 Å². The number of hydrogen-bond acceptors (Lipinski definition) is 3. The Kier molecular flexibility index (Phi) is 4.80. The molecule has 1 aliphatic carbocycles. The van der Waals surface area contributed by atoms with Gasteiger partial charge in [0.1, 0.15) is 0 Å². The molecule has 2 unspecified atom stereocenters. The minimum Gasteiger partial charge on any atom is -0.327 e. The van der Waals surface area contributed by atoms with Gasteiger partial charge in [-0.05, 0) is 35.2 Å². The van der Waals surface area contributed by atoms with Crippen LogP contribution in [0.15, 0.2) is 48.5 Å². The first-order valence-corrected chi connectivity index (χ1v) is 8.75. The van der Waals surface area contributed by atoms with Gasteiger partial charge in [0.15, 0.2) is 0 Å². The smallest absolute Gasteiger partial charge is 0.229 e. The van der Waals surface area contributed by atoms with Crippen LogP contribution in [0, 0.1) is 0 Å². The number of benzene rings is 2. The van der Waals surface area contributed by atoms with E-state index in [4.69, 9.17) is 5.73 Å². The Morgan fingerprint density at radius 1 is 1.09 bits per heavy atom. The van der Waals surface area contributed by atoms with Crippen molar-refractivity contribution in [3.05, 3.63) is 54.1 Å². The Morgan fingerprint density at radius 3 is 2.27 bits per heavy atom. The highest BCUT2D eigenvalue weighted by Crippen LogP contribution is 2.39. The summed E-state index contributed by atoms with van der Waals surface area (Å²) in [5.74, 6) is 0.497. The molecule has 1 aliphatic rings. The van der Waals surface area contributed by atoms with Crippen LogP contribution in [-0.4, -0.2) is 20.7 Å². The molecule has 0 heterocycles. The predicted molar refractivity (Wildman–Crippen MR) is 92.9 cm³/mol. The summed E-state index contributed by atoms with van der Waals surface area (Å²) in [7, 11) is -3.26. The van der Waals surface area contributed by atoms with Gasteiger partial charge in [-0.25, -0.2) is 8.42 Å². The summed E-state index contributed by atoms with van der Waals surface area (Å²) in [6.45, 7) is 0. The lowest BCUT2D eigenvalue weighted by molar-refractivity contribution is 0.607. The molecule has 0 aromatic heterocycles. The summed E-state index contributed by atoms with van der Waals surface area (Å²) in [6, 6.07) is 16.0. The van der Waals surface area contributed by atoms with Crippen LogP contribution >= 0.6 is 12.4 Å². The molecule has 0 spiro atoms. The monoisotopic (exact) mass is 338 g/mol. The molecule has 2 atom stereocenters. The minimum atomic E-state index is -3.26. The summed E-state index contributed by atoms with van der Waals surface area (Å²) in [5, 5.41) is 0. The Bertz CT molecular complexity index is 760. The van der Waals surface area contributed by atoms with Gasteiger partial charge < -0.3 is 5.73 Å². The number of sulfonamides is 1. The van der Waals surface area contributed by atoms with Gasteiger partial charge >= 0.3 is 0 Å². The van der Waals surface area contributed by atoms with E-state index in [0.29, 0.717) is 17.6 Å². The fraction of sp³-hybridized carbons (Fsp3) is 0.250. The Morgan fingerprint density at radius 2 is 1.73 bits per heavy atom. The molecule has 2 aromatic rings. The van der Waals surface area contributed by atoms with Gasteiger partial charge in [-0.2, -0.15) is 0 Å². The first kappa shape index (κ1) is 16.8. The van der Waals surface area contributed by atoms with Crippen LogP contribution in [-0.2, 0) is 10.0 Å². The van der Waals surface area contributed by atoms with Crippen molar-refractivity contribution >= 4 is 28.1 Å². The molecule has 2 aromatic carbocycles. The lowest BCUT2D eigenvalue weighted by Crippen LogP contribution is -2.09. The van der Waals surface area contributed by atoms with Crippen molar-refractivity contribution in [1.29, 1.82) is 0 Å². The maximum Gasteiger partial charge on any atom is 0.229 e. The molecule has 118 valence electrons. The maximum absolute atomic E-state index is 11.3. The first-order chi connectivity index (χ1) is 9.92. The third-order valence-electron chi connectivity index (χ3n) is 3.68. The van der Waals surface area contributed by atoms with E-state index < -0.39 is 10.0 Å². The number of nitrogens with one attached hydrogen (secondary N) is 1. The first-order valence-electron chi connectivity index (χ1n) is 6.86. The molecule has 3 N–H and O–H groups in total. The van der Waals surface area contributed by atoms with Crippen LogP contribution in [0.25, 0.3) is 11.1 Å². The van der Waals surface area contributed by atoms with E-state index in [1.807, 2.05) is 18.2 Å². The average Bonchev–Trinajstić information content (AvgIpc) is 3.14. The standard InChI is InChI=1S/C16H18N2O2S.ClH/c1-21(19,20)18-14-4-2-3-13(9-14)11-5-7-12(8-6-11)15-10-16(15)17;/h2-9,15-16,18H,10,17H2,1H3;1H. The SMILES string of the molecule is CS(=O)(=O)Nc1cccc(-c2ccc(C3CC3N)cc2)c1.Cl. The number of halogens is 1. The van der Waals surface area contributed by atoms with E-state index in [0.717, 1.165) is 23.8 Å². The molecule has 0 bridgehead atoms. The normalized spacial score (nSPS) is 20.1. The molecular weight excluding hydrogens is 320 g/mol. The molecule has 1 saturated carbocycles. The van der Waals surface area contributed by atoms with Crippen LogP contribution in [0.3, 0.4) is 0 Å². The summed E-state index contributed by atoms with van der Waals surface area (Å²) in [5.41, 5.74) is 9.75. The van der Waals surface area contributed by atoms with Gasteiger partial charge in [0.2, 0.25) is 10.0 Å². The molecule has 0 amide bonds. The second kappa shape index (κ2) is 6.28. The molecule has 1 fully saturated rings. The van der Waals surface area contributed by atoms with Crippen molar-refractivity contribution in [3.8, 4) is 11.1 Å². The van der Waals surface area contributed by atoms with Gasteiger partial charge in [0.25, 0.3) is 0 Å². The summed E-state index contributed by atoms with van der Waals surface area (Å²) >= 11 is 0. The second-order valence-electron chi connectivity index (χ2n) is 5.58. The van der Waals surface area contributed by atoms with Gasteiger partial charge in [0, 0.05) is 17.6 Å². The van der Waals surface area contributed by atoms with Gasteiger partial charge in [-0.1, -0.05) is 36.4 Å². The fourth-order valence-electron chi connectivity index (χ4n) is 2.50. The zero-order valence-electron chi connectivity index (χ0n) is 12.2. The highest BCUT2D eigenvalue weighted by atomic mass is 35.5. The third-order valence-corrected chi connectivity index (χ3v) is 4.28. The van der Waals surface area contributed by atoms with Gasteiger partial charge in [0.05, 0.1) is 6.26 Å². The molecule has 0 aliphatic heterocycles. The van der Waals surface area contributed by atoms with Crippen LogP contribution in [0.2, 0.25) is 0 Å². The number of nitrogens with two attached hydrogens (primary N) is 1. The lowest BCUT2D eigenvalue weighted by atomic mass is 10.0. The summed E-state index contributed by atoms with van der Waals surface area (Å²) < 4.78 is 25.1. The molecular formula is C16H19ClN2O2S. The van der Waals surface area contributed by atoms with E-state index in [9.17, 15) is 8.42 Å². The zero-order chi connectivity index (χ0) is 15.0. The van der Waals surface area contributed by atoms with Gasteiger partial charge in [-0.3, -0.25) is 4.72 Å². The van der Waals surface area contributed by atoms with E-state index in [2.05, 4.69) is 29.0 Å². The molecule has 22 heavy (non-hydrogen) atoms. The van der Waals surface area contributed by atoms with Crippen molar-refractivity contribution in [2.45, 2.75) is 18.4 Å². The summed E-state index contributed by atoms with van der Waals surface area (Å²) in [4.78, 5) is 0. The summed E-state index contributed by atoms with van der Waals surface area (Å²) in [6.07, 6.45) is 2.21. The molecule has 4 nitrogen and oxygen atoms in total. The van der Waals surface area contributed by atoms with Gasteiger partial charge in [-0.15, -0.1) is 12.4 Å². The largest absolute Gasteiger partial charge is 0.327 e. The molecule has 0 radical (unpaired) electrons. The van der Waals surface area contributed by atoms with Crippen LogP contribution in [0.5, 0.6) is 0 Å². The number of anilines is 1. The maximum atomic E-state index is 11.3. The molecule has 0 saturated heterocycles. The zero-order valence-corrected chi connectivity index (χ0v) is 13.8. The highest BCUT2D eigenvalue weighted by Gasteiger charge is 2.34. The number of hydrogen-bond donors (Lipinski definition) is 2. The third kappa shape index (κ3) is 4.00. The Labute approximate surface area is 137 Å². The Balaban J connectivity index is 0.00000176. The van der Waals surface area contributed by atoms with Crippen molar-refractivity contribution in [2.75, 3.05) is 11.0 Å².